The fourth-order valence-corrected chi connectivity index (χ4v) is 3.00. The number of hydrogen-bond acceptors (Lipinski definition) is 3. The van der Waals surface area contributed by atoms with Crippen molar-refractivity contribution in [3.63, 3.8) is 0 Å². The van der Waals surface area contributed by atoms with Crippen molar-refractivity contribution in [2.75, 3.05) is 23.4 Å². The van der Waals surface area contributed by atoms with Gasteiger partial charge >= 0.3 is 6.09 Å². The number of carbonyl (C=O) groups is 1. The molecule has 2 saturated heterocycles. The predicted octanol–water partition coefficient (Wildman–Crippen LogP) is 2.42. The van der Waals surface area contributed by atoms with Crippen molar-refractivity contribution in [3.05, 3.63) is 23.8 Å². The summed E-state index contributed by atoms with van der Waals surface area (Å²) in [7, 11) is 0. The Morgan fingerprint density at radius 1 is 1.25 bits per heavy atom. The van der Waals surface area contributed by atoms with E-state index in [1.807, 2.05) is 5.32 Å². The summed E-state index contributed by atoms with van der Waals surface area (Å²) in [6, 6.07) is 1.97. The van der Waals surface area contributed by atoms with Crippen LogP contribution < -0.4 is 10.2 Å². The van der Waals surface area contributed by atoms with E-state index in [9.17, 15) is 13.6 Å². The maximum absolute atomic E-state index is 14.2. The molecule has 1 aromatic rings. The van der Waals surface area contributed by atoms with Gasteiger partial charge in [-0.05, 0) is 25.0 Å². The van der Waals surface area contributed by atoms with E-state index in [1.165, 1.54) is 0 Å². The van der Waals surface area contributed by atoms with Crippen LogP contribution in [0.5, 0.6) is 0 Å². The third kappa shape index (κ3) is 2.18. The topological polar surface area (TPSA) is 61.8 Å². The van der Waals surface area contributed by atoms with Gasteiger partial charge in [-0.25, -0.2) is 13.6 Å². The van der Waals surface area contributed by atoms with Gasteiger partial charge in [0, 0.05) is 5.69 Å². The van der Waals surface area contributed by atoms with Crippen molar-refractivity contribution in [1.82, 2.24) is 0 Å². The summed E-state index contributed by atoms with van der Waals surface area (Å²) < 4.78 is 33.7. The molecule has 2 atom stereocenters. The molecule has 2 unspecified atom stereocenters. The monoisotopic (exact) mass is 284 g/mol. The molecule has 2 aliphatic heterocycles. The van der Waals surface area contributed by atoms with Gasteiger partial charge in [0.15, 0.2) is 11.6 Å². The molecule has 2 heterocycles. The molecule has 2 aliphatic rings. The zero-order valence-corrected chi connectivity index (χ0v) is 10.6. The van der Waals surface area contributed by atoms with Gasteiger partial charge < -0.3 is 14.7 Å². The molecular weight excluding hydrogens is 270 g/mol. The predicted molar refractivity (Wildman–Crippen MR) is 68.1 cm³/mol. The molecule has 1 amide bonds. The highest BCUT2D eigenvalue weighted by Gasteiger charge is 2.40. The van der Waals surface area contributed by atoms with Gasteiger partial charge in [0.05, 0.1) is 25.3 Å². The zero-order valence-electron chi connectivity index (χ0n) is 10.6. The Kier molecular flexibility index (Phi) is 3.21. The van der Waals surface area contributed by atoms with Crippen LogP contribution in [0.3, 0.4) is 0 Å². The van der Waals surface area contributed by atoms with Crippen LogP contribution in [0, 0.1) is 11.6 Å². The lowest BCUT2D eigenvalue weighted by molar-refractivity contribution is 0.0898. The molecule has 2 fully saturated rings. The lowest BCUT2D eigenvalue weighted by Crippen LogP contribution is -2.46. The average molecular weight is 284 g/mol. The van der Waals surface area contributed by atoms with E-state index in [2.05, 4.69) is 0 Å². The van der Waals surface area contributed by atoms with Gasteiger partial charge in [-0.15, -0.1) is 0 Å². The van der Waals surface area contributed by atoms with Gasteiger partial charge in [0.2, 0.25) is 0 Å². The van der Waals surface area contributed by atoms with Crippen LogP contribution in [-0.2, 0) is 4.74 Å². The Hall–Kier alpha value is -1.89. The van der Waals surface area contributed by atoms with Gasteiger partial charge in [-0.1, -0.05) is 0 Å². The Balaban J connectivity index is 1.96. The number of amides is 1. The lowest BCUT2D eigenvalue weighted by Gasteiger charge is -2.36. The molecule has 7 heteroatoms. The van der Waals surface area contributed by atoms with E-state index in [0.29, 0.717) is 13.2 Å². The number of benzene rings is 1. The van der Waals surface area contributed by atoms with Crippen LogP contribution in [0.1, 0.15) is 12.8 Å². The van der Waals surface area contributed by atoms with Crippen molar-refractivity contribution in [3.8, 4) is 0 Å². The zero-order chi connectivity index (χ0) is 14.3. The van der Waals surface area contributed by atoms with Crippen LogP contribution in [-0.4, -0.2) is 36.5 Å². The number of carboxylic acid groups (broad SMARTS) is 1. The van der Waals surface area contributed by atoms with Crippen LogP contribution in [0.4, 0.5) is 25.0 Å². The summed E-state index contributed by atoms with van der Waals surface area (Å²) >= 11 is 0. The normalized spacial score (nSPS) is 24.8. The SMILES string of the molecule is O=C(O)Nc1cc(F)c(N2C3CCC2COC3)c(F)c1. The molecule has 0 aromatic heterocycles. The van der Waals surface area contributed by atoms with E-state index in [1.54, 1.807) is 4.90 Å². The number of halogens is 2. The summed E-state index contributed by atoms with van der Waals surface area (Å²) in [6.07, 6.45) is 0.333. The smallest absolute Gasteiger partial charge is 0.409 e. The van der Waals surface area contributed by atoms with Crippen molar-refractivity contribution < 1.29 is 23.4 Å². The van der Waals surface area contributed by atoms with E-state index >= 15 is 0 Å². The van der Waals surface area contributed by atoms with E-state index in [0.717, 1.165) is 25.0 Å². The summed E-state index contributed by atoms with van der Waals surface area (Å²) in [4.78, 5) is 12.2. The fourth-order valence-electron chi connectivity index (χ4n) is 3.00. The van der Waals surface area contributed by atoms with Crippen LogP contribution in [0.15, 0.2) is 12.1 Å². The highest BCUT2D eigenvalue weighted by Crippen LogP contribution is 2.37. The fraction of sp³-hybridized carbons (Fsp3) is 0.462. The highest BCUT2D eigenvalue weighted by molar-refractivity contribution is 5.83. The van der Waals surface area contributed by atoms with Crippen molar-refractivity contribution in [1.29, 1.82) is 0 Å². The third-order valence-corrected chi connectivity index (χ3v) is 3.77. The number of anilines is 2. The number of nitrogens with one attached hydrogen (secondary N) is 1. The maximum Gasteiger partial charge on any atom is 0.409 e. The van der Waals surface area contributed by atoms with E-state index in [4.69, 9.17) is 9.84 Å². The van der Waals surface area contributed by atoms with Crippen molar-refractivity contribution in [2.45, 2.75) is 24.9 Å². The summed E-state index contributed by atoms with van der Waals surface area (Å²) in [5.41, 5.74) is -0.200. The number of morpholine rings is 1. The second-order valence-electron chi connectivity index (χ2n) is 5.05. The van der Waals surface area contributed by atoms with Crippen LogP contribution >= 0.6 is 0 Å². The number of nitrogens with zero attached hydrogens (tertiary/aromatic N) is 1. The first-order valence-electron chi connectivity index (χ1n) is 6.41. The van der Waals surface area contributed by atoms with Gasteiger partial charge in [-0.3, -0.25) is 5.32 Å². The van der Waals surface area contributed by atoms with Gasteiger partial charge in [0.1, 0.15) is 5.69 Å². The minimum atomic E-state index is -1.36. The molecule has 0 spiro atoms. The molecule has 3 rings (SSSR count). The molecule has 0 aliphatic carbocycles. The lowest BCUT2D eigenvalue weighted by atomic mass is 10.1. The molecule has 0 radical (unpaired) electrons. The van der Waals surface area contributed by atoms with E-state index < -0.39 is 17.7 Å². The first-order valence-corrected chi connectivity index (χ1v) is 6.41. The number of ether oxygens (including phenoxy) is 1. The second-order valence-corrected chi connectivity index (χ2v) is 5.05. The maximum atomic E-state index is 14.2. The largest absolute Gasteiger partial charge is 0.465 e. The second kappa shape index (κ2) is 4.90. The molecule has 108 valence electrons. The molecule has 0 saturated carbocycles. The van der Waals surface area contributed by atoms with Gasteiger partial charge in [-0.2, -0.15) is 0 Å². The van der Waals surface area contributed by atoms with Crippen LogP contribution in [0.25, 0.3) is 0 Å². The Labute approximate surface area is 114 Å². The standard InChI is InChI=1S/C13H14F2N2O3/c14-10-3-7(16-13(18)19)4-11(15)12(10)17-8-1-2-9(17)6-20-5-8/h3-4,8-9,16H,1-2,5-6H2,(H,18,19). The third-order valence-electron chi connectivity index (χ3n) is 3.77. The first-order chi connectivity index (χ1) is 9.56. The molecule has 2 bridgehead atoms. The number of fused-ring (bicyclic) bond motifs is 2. The summed E-state index contributed by atoms with van der Waals surface area (Å²) in [5.74, 6) is -1.51. The highest BCUT2D eigenvalue weighted by atomic mass is 19.1. The Morgan fingerprint density at radius 3 is 2.30 bits per heavy atom. The molecular formula is C13H14F2N2O3. The van der Waals surface area contributed by atoms with Crippen molar-refractivity contribution >= 4 is 17.5 Å². The Morgan fingerprint density at radius 2 is 1.80 bits per heavy atom. The number of hydrogen-bond donors (Lipinski definition) is 2. The molecule has 2 N–H and O–H groups in total. The summed E-state index contributed by atoms with van der Waals surface area (Å²) in [6.45, 7) is 0.926. The van der Waals surface area contributed by atoms with Gasteiger partial charge in [0.25, 0.3) is 0 Å². The Bertz CT molecular complexity index is 513. The van der Waals surface area contributed by atoms with Crippen LogP contribution in [0.2, 0.25) is 0 Å². The van der Waals surface area contributed by atoms with Crippen molar-refractivity contribution in [2.24, 2.45) is 0 Å². The quantitative estimate of drug-likeness (QED) is 0.875. The average Bonchev–Trinajstić information content (AvgIpc) is 2.59. The minimum absolute atomic E-state index is 0.0176. The molecule has 5 nitrogen and oxygen atoms in total. The first kappa shape index (κ1) is 13.1. The molecule has 20 heavy (non-hydrogen) atoms. The summed E-state index contributed by atoms with van der Waals surface area (Å²) in [5, 5.41) is 10.5. The number of rotatable bonds is 2. The minimum Gasteiger partial charge on any atom is -0.465 e. The van der Waals surface area contributed by atoms with E-state index in [-0.39, 0.29) is 23.5 Å². The molecule has 1 aromatic carbocycles.